The van der Waals surface area contributed by atoms with Crippen molar-refractivity contribution >= 4 is 0 Å². The van der Waals surface area contributed by atoms with E-state index in [1.165, 1.54) is 0 Å². The summed E-state index contributed by atoms with van der Waals surface area (Å²) in [5.41, 5.74) is 1.14. The van der Waals surface area contributed by atoms with E-state index in [1.54, 1.807) is 6.33 Å². The van der Waals surface area contributed by atoms with Crippen LogP contribution in [0.4, 0.5) is 0 Å². The Hall–Kier alpha value is -0.870. The summed E-state index contributed by atoms with van der Waals surface area (Å²) in [7, 11) is 0. The van der Waals surface area contributed by atoms with Gasteiger partial charge in [0.15, 0.2) is 0 Å². The minimum absolute atomic E-state index is 0.977. The molecule has 4 heteroatoms. The third-order valence-electron chi connectivity index (χ3n) is 2.15. The minimum Gasteiger partial charge on any atom is -0.351 e. The molecule has 0 aromatic carbocycles. The van der Waals surface area contributed by atoms with Crippen molar-refractivity contribution in [1.29, 1.82) is 0 Å². The molecule has 66 valence electrons. The highest BCUT2D eigenvalue weighted by molar-refractivity contribution is 4.94. The fraction of sp³-hybridized carbons (Fsp3) is 0.625. The molecule has 0 unspecified atom stereocenters. The number of imidazole rings is 1. The number of aromatic nitrogens is 2. The van der Waals surface area contributed by atoms with Crippen molar-refractivity contribution in [2.45, 2.75) is 6.54 Å². The predicted molar refractivity (Wildman–Crippen MR) is 46.7 cm³/mol. The maximum absolute atomic E-state index is 4.19. The Morgan fingerprint density at radius 3 is 2.92 bits per heavy atom. The first-order chi connectivity index (χ1) is 5.95. The Morgan fingerprint density at radius 2 is 2.25 bits per heavy atom. The molecule has 0 spiro atoms. The second-order valence-corrected chi connectivity index (χ2v) is 3.09. The molecule has 2 N–H and O–H groups in total. The van der Waals surface area contributed by atoms with Crippen LogP contribution in [0.25, 0.3) is 0 Å². The molecule has 2 heterocycles. The quantitative estimate of drug-likeness (QED) is 0.640. The number of nitrogens with zero attached hydrogens (tertiary/aromatic N) is 2. The van der Waals surface area contributed by atoms with Gasteiger partial charge in [-0.15, -0.1) is 0 Å². The lowest BCUT2D eigenvalue weighted by Gasteiger charge is -2.26. The number of hydrogen-bond donors (Lipinski definition) is 2. The first-order valence-electron chi connectivity index (χ1n) is 4.36. The van der Waals surface area contributed by atoms with Gasteiger partial charge in [0, 0.05) is 38.9 Å². The van der Waals surface area contributed by atoms with Gasteiger partial charge >= 0.3 is 0 Å². The van der Waals surface area contributed by atoms with E-state index in [0.29, 0.717) is 0 Å². The van der Waals surface area contributed by atoms with Gasteiger partial charge in [-0.2, -0.15) is 0 Å². The average molecular weight is 166 g/mol. The van der Waals surface area contributed by atoms with Gasteiger partial charge in [0.1, 0.15) is 0 Å². The molecule has 1 aliphatic rings. The Kier molecular flexibility index (Phi) is 2.39. The van der Waals surface area contributed by atoms with Crippen molar-refractivity contribution in [1.82, 2.24) is 20.2 Å². The lowest BCUT2D eigenvalue weighted by molar-refractivity contribution is 0.231. The highest BCUT2D eigenvalue weighted by Gasteiger charge is 2.09. The molecular formula is C8H14N4. The highest BCUT2D eigenvalue weighted by atomic mass is 15.2. The van der Waals surface area contributed by atoms with Gasteiger partial charge in [0.2, 0.25) is 0 Å². The largest absolute Gasteiger partial charge is 0.351 e. The summed E-state index contributed by atoms with van der Waals surface area (Å²) in [5, 5.41) is 3.32. The van der Waals surface area contributed by atoms with Gasteiger partial charge < -0.3 is 10.3 Å². The average Bonchev–Trinajstić information content (AvgIpc) is 2.59. The number of hydrogen-bond acceptors (Lipinski definition) is 3. The topological polar surface area (TPSA) is 44.0 Å². The molecule has 0 atom stereocenters. The van der Waals surface area contributed by atoms with E-state index in [-0.39, 0.29) is 0 Å². The number of piperazine rings is 1. The maximum Gasteiger partial charge on any atom is 0.0923 e. The van der Waals surface area contributed by atoms with Crippen molar-refractivity contribution in [2.75, 3.05) is 26.2 Å². The van der Waals surface area contributed by atoms with Crippen molar-refractivity contribution in [3.63, 3.8) is 0 Å². The predicted octanol–water partition coefficient (Wildman–Crippen LogP) is -0.185. The molecule has 1 fully saturated rings. The van der Waals surface area contributed by atoms with Crippen LogP contribution in [0.2, 0.25) is 0 Å². The van der Waals surface area contributed by atoms with Gasteiger partial charge in [-0.05, 0) is 0 Å². The third-order valence-corrected chi connectivity index (χ3v) is 2.15. The lowest BCUT2D eigenvalue weighted by atomic mass is 10.3. The molecule has 0 aliphatic carbocycles. The summed E-state index contributed by atoms with van der Waals surface area (Å²) in [6.45, 7) is 5.44. The molecule has 4 nitrogen and oxygen atoms in total. The van der Waals surface area contributed by atoms with Crippen LogP contribution in [0.15, 0.2) is 12.5 Å². The van der Waals surface area contributed by atoms with Crippen LogP contribution in [0.3, 0.4) is 0 Å². The van der Waals surface area contributed by atoms with Crippen LogP contribution in [-0.2, 0) is 6.54 Å². The molecule has 2 rings (SSSR count). The van der Waals surface area contributed by atoms with Crippen molar-refractivity contribution < 1.29 is 0 Å². The van der Waals surface area contributed by atoms with Gasteiger partial charge in [-0.3, -0.25) is 4.90 Å². The van der Waals surface area contributed by atoms with E-state index in [1.807, 2.05) is 6.20 Å². The molecule has 12 heavy (non-hydrogen) atoms. The zero-order valence-corrected chi connectivity index (χ0v) is 7.08. The summed E-state index contributed by atoms with van der Waals surface area (Å²) in [6.07, 6.45) is 3.69. The SMILES string of the molecule is c1nc(CN2CCNCC2)c[nH]1. The molecule has 1 saturated heterocycles. The molecule has 0 amide bonds. The lowest BCUT2D eigenvalue weighted by Crippen LogP contribution is -2.42. The zero-order valence-electron chi connectivity index (χ0n) is 7.08. The van der Waals surface area contributed by atoms with E-state index in [4.69, 9.17) is 0 Å². The van der Waals surface area contributed by atoms with Crippen LogP contribution in [0.1, 0.15) is 5.69 Å². The van der Waals surface area contributed by atoms with E-state index >= 15 is 0 Å². The molecule has 0 bridgehead atoms. The first-order valence-corrected chi connectivity index (χ1v) is 4.36. The summed E-state index contributed by atoms with van der Waals surface area (Å²) in [4.78, 5) is 9.57. The molecular weight excluding hydrogens is 152 g/mol. The van der Waals surface area contributed by atoms with Gasteiger partial charge in [0.05, 0.1) is 12.0 Å². The Bertz CT molecular complexity index is 213. The molecule has 0 radical (unpaired) electrons. The van der Waals surface area contributed by atoms with Gasteiger partial charge in [-0.25, -0.2) is 4.98 Å². The second-order valence-electron chi connectivity index (χ2n) is 3.09. The molecule has 1 aromatic rings. The molecule has 1 aromatic heterocycles. The van der Waals surface area contributed by atoms with E-state index in [2.05, 4.69) is 20.2 Å². The Labute approximate surface area is 72.0 Å². The standard InChI is InChI=1S/C8H14N4/c1-3-12(4-2-9-1)6-8-5-10-7-11-8/h5,7,9H,1-4,6H2,(H,10,11). The number of aromatic amines is 1. The van der Waals surface area contributed by atoms with Crippen LogP contribution >= 0.6 is 0 Å². The van der Waals surface area contributed by atoms with Crippen molar-refractivity contribution in [3.05, 3.63) is 18.2 Å². The van der Waals surface area contributed by atoms with Crippen molar-refractivity contribution in [3.8, 4) is 0 Å². The van der Waals surface area contributed by atoms with Crippen LogP contribution < -0.4 is 5.32 Å². The first kappa shape index (κ1) is 7.76. The van der Waals surface area contributed by atoms with Crippen LogP contribution in [0.5, 0.6) is 0 Å². The summed E-state index contributed by atoms with van der Waals surface area (Å²) < 4.78 is 0. The maximum atomic E-state index is 4.19. The van der Waals surface area contributed by atoms with Gasteiger partial charge in [-0.1, -0.05) is 0 Å². The highest BCUT2D eigenvalue weighted by Crippen LogP contribution is 2.00. The summed E-state index contributed by atoms with van der Waals surface area (Å²) >= 11 is 0. The van der Waals surface area contributed by atoms with Crippen LogP contribution in [-0.4, -0.2) is 41.0 Å². The monoisotopic (exact) mass is 166 g/mol. The normalized spacial score (nSPS) is 19.7. The smallest absolute Gasteiger partial charge is 0.0923 e. The van der Waals surface area contributed by atoms with Crippen molar-refractivity contribution in [2.24, 2.45) is 0 Å². The minimum atomic E-state index is 0.977. The van der Waals surface area contributed by atoms with E-state index < -0.39 is 0 Å². The third kappa shape index (κ3) is 1.84. The zero-order chi connectivity index (χ0) is 8.23. The Morgan fingerprint density at radius 1 is 1.42 bits per heavy atom. The number of H-pyrrole nitrogens is 1. The second kappa shape index (κ2) is 3.69. The Balaban J connectivity index is 1.86. The van der Waals surface area contributed by atoms with E-state index in [9.17, 15) is 0 Å². The van der Waals surface area contributed by atoms with Crippen LogP contribution in [0, 0.1) is 0 Å². The molecule has 0 saturated carbocycles. The number of nitrogens with one attached hydrogen (secondary N) is 2. The summed E-state index contributed by atoms with van der Waals surface area (Å²) in [5.74, 6) is 0. The van der Waals surface area contributed by atoms with E-state index in [0.717, 1.165) is 38.4 Å². The fourth-order valence-electron chi connectivity index (χ4n) is 1.48. The summed E-state index contributed by atoms with van der Waals surface area (Å²) in [6, 6.07) is 0. The molecule has 1 aliphatic heterocycles. The fourth-order valence-corrected chi connectivity index (χ4v) is 1.48. The van der Waals surface area contributed by atoms with Gasteiger partial charge in [0.25, 0.3) is 0 Å². The number of rotatable bonds is 2.